The molecule has 5 nitrogen and oxygen atoms in total. The monoisotopic (exact) mass is 445 g/mol. The Hall–Kier alpha value is -2.61. The molecule has 2 aromatic carbocycles. The predicted octanol–water partition coefficient (Wildman–Crippen LogP) is 3.74. The summed E-state index contributed by atoms with van der Waals surface area (Å²) in [6.45, 7) is 1.80. The number of aromatic nitrogens is 1. The van der Waals surface area contributed by atoms with E-state index in [0.717, 1.165) is 14.8 Å². The number of benzene rings is 2. The second kappa shape index (κ2) is 7.10. The number of aryl methyl sites for hydroxylation is 1. The van der Waals surface area contributed by atoms with Crippen molar-refractivity contribution >= 4 is 40.1 Å². The molecule has 25 heavy (non-hydrogen) atoms. The van der Waals surface area contributed by atoms with E-state index in [1.807, 2.05) is 41.1 Å². The number of nitrogens with one attached hydrogen (secondary N) is 1. The van der Waals surface area contributed by atoms with E-state index in [2.05, 4.69) is 27.9 Å². The predicted molar refractivity (Wildman–Crippen MR) is 106 cm³/mol. The van der Waals surface area contributed by atoms with Crippen LogP contribution in [0.3, 0.4) is 0 Å². The standard InChI is InChI=1S/C19H16IN3O2/c1-12-7-8-14(11-16(12)18(21)24)22-19(25)17-6-3-9-23(17)15-5-2-4-13(20)10-15/h2-11H,1H3,(H2,21,24)(H,22,25). The zero-order valence-electron chi connectivity index (χ0n) is 13.5. The van der Waals surface area contributed by atoms with Gasteiger partial charge in [0.05, 0.1) is 0 Å². The number of carbonyl (C=O) groups excluding carboxylic acids is 2. The molecule has 0 aliphatic heterocycles. The summed E-state index contributed by atoms with van der Waals surface area (Å²) in [5.74, 6) is -0.779. The number of rotatable bonds is 4. The summed E-state index contributed by atoms with van der Waals surface area (Å²) in [4.78, 5) is 24.1. The summed E-state index contributed by atoms with van der Waals surface area (Å²) < 4.78 is 2.90. The SMILES string of the molecule is Cc1ccc(NC(=O)c2cccn2-c2cccc(I)c2)cc1C(N)=O. The number of primary amides is 1. The normalized spacial score (nSPS) is 10.5. The second-order valence-corrected chi connectivity index (χ2v) is 6.84. The number of amides is 2. The summed E-state index contributed by atoms with van der Waals surface area (Å²) in [6, 6.07) is 16.5. The molecule has 0 aliphatic carbocycles. The molecule has 0 aliphatic rings. The largest absolute Gasteiger partial charge is 0.366 e. The number of hydrogen-bond donors (Lipinski definition) is 2. The summed E-state index contributed by atoms with van der Waals surface area (Å²) in [5.41, 5.74) is 8.47. The fourth-order valence-electron chi connectivity index (χ4n) is 2.58. The molecule has 0 saturated carbocycles. The van der Waals surface area contributed by atoms with Crippen LogP contribution < -0.4 is 11.1 Å². The molecule has 0 saturated heterocycles. The van der Waals surface area contributed by atoms with Crippen LogP contribution in [-0.2, 0) is 0 Å². The molecule has 1 heterocycles. The van der Waals surface area contributed by atoms with Crippen molar-refractivity contribution in [1.29, 1.82) is 0 Å². The number of nitrogens with two attached hydrogens (primary N) is 1. The van der Waals surface area contributed by atoms with E-state index >= 15 is 0 Å². The number of hydrogen-bond acceptors (Lipinski definition) is 2. The first kappa shape index (κ1) is 17.2. The number of nitrogens with zero attached hydrogens (tertiary/aromatic N) is 1. The van der Waals surface area contributed by atoms with E-state index in [4.69, 9.17) is 5.73 Å². The van der Waals surface area contributed by atoms with Crippen molar-refractivity contribution in [2.45, 2.75) is 6.92 Å². The van der Waals surface area contributed by atoms with Gasteiger partial charge < -0.3 is 15.6 Å². The van der Waals surface area contributed by atoms with E-state index in [1.54, 1.807) is 31.2 Å². The maximum Gasteiger partial charge on any atom is 0.272 e. The van der Waals surface area contributed by atoms with Crippen molar-refractivity contribution in [3.63, 3.8) is 0 Å². The lowest BCUT2D eigenvalue weighted by Gasteiger charge is -2.11. The van der Waals surface area contributed by atoms with Crippen molar-refractivity contribution in [3.8, 4) is 5.69 Å². The second-order valence-electron chi connectivity index (χ2n) is 5.59. The van der Waals surface area contributed by atoms with Crippen LogP contribution in [0.25, 0.3) is 5.69 Å². The van der Waals surface area contributed by atoms with Crippen LogP contribution in [0.15, 0.2) is 60.8 Å². The first-order valence-corrected chi connectivity index (χ1v) is 8.68. The highest BCUT2D eigenvalue weighted by atomic mass is 127. The molecule has 0 atom stereocenters. The molecule has 0 spiro atoms. The molecule has 0 radical (unpaired) electrons. The third kappa shape index (κ3) is 3.74. The van der Waals surface area contributed by atoms with Gasteiger partial charge in [-0.3, -0.25) is 9.59 Å². The zero-order chi connectivity index (χ0) is 18.0. The van der Waals surface area contributed by atoms with Gasteiger partial charge >= 0.3 is 0 Å². The van der Waals surface area contributed by atoms with Crippen LogP contribution in [0, 0.1) is 10.5 Å². The molecule has 3 aromatic rings. The van der Waals surface area contributed by atoms with Crippen LogP contribution in [0.5, 0.6) is 0 Å². The van der Waals surface area contributed by atoms with Crippen LogP contribution in [-0.4, -0.2) is 16.4 Å². The molecular formula is C19H16IN3O2. The van der Waals surface area contributed by atoms with E-state index in [-0.39, 0.29) is 5.91 Å². The van der Waals surface area contributed by atoms with Crippen LogP contribution >= 0.6 is 22.6 Å². The number of anilines is 1. The highest BCUT2D eigenvalue weighted by Crippen LogP contribution is 2.19. The van der Waals surface area contributed by atoms with Gasteiger partial charge in [-0.25, -0.2) is 0 Å². The summed E-state index contributed by atoms with van der Waals surface area (Å²) in [6.07, 6.45) is 1.84. The van der Waals surface area contributed by atoms with Crippen molar-refractivity contribution in [1.82, 2.24) is 4.57 Å². The quantitative estimate of drug-likeness (QED) is 0.601. The topological polar surface area (TPSA) is 77.1 Å². The van der Waals surface area contributed by atoms with Gasteiger partial charge in [-0.05, 0) is 77.5 Å². The van der Waals surface area contributed by atoms with Crippen molar-refractivity contribution in [2.24, 2.45) is 5.73 Å². The van der Waals surface area contributed by atoms with Gasteiger partial charge in [0.15, 0.2) is 0 Å². The summed E-state index contributed by atoms with van der Waals surface area (Å²) >= 11 is 2.23. The molecule has 2 amide bonds. The Bertz CT molecular complexity index is 963. The minimum atomic E-state index is -0.518. The summed E-state index contributed by atoms with van der Waals surface area (Å²) in [5, 5.41) is 2.82. The van der Waals surface area contributed by atoms with Crippen LogP contribution in [0.1, 0.15) is 26.4 Å². The zero-order valence-corrected chi connectivity index (χ0v) is 15.7. The van der Waals surface area contributed by atoms with Gasteiger partial charge in [0.1, 0.15) is 5.69 Å². The first-order valence-electron chi connectivity index (χ1n) is 7.61. The average molecular weight is 445 g/mol. The molecule has 0 bridgehead atoms. The molecule has 0 fully saturated rings. The van der Waals surface area contributed by atoms with E-state index in [9.17, 15) is 9.59 Å². The fraction of sp³-hybridized carbons (Fsp3) is 0.0526. The number of carbonyl (C=O) groups is 2. The minimum Gasteiger partial charge on any atom is -0.366 e. The first-order chi connectivity index (χ1) is 12.0. The maximum atomic E-state index is 12.7. The average Bonchev–Trinajstić information content (AvgIpc) is 3.06. The smallest absolute Gasteiger partial charge is 0.272 e. The van der Waals surface area contributed by atoms with E-state index in [0.29, 0.717) is 16.9 Å². The lowest BCUT2D eigenvalue weighted by molar-refractivity contribution is 0.0994. The molecule has 0 unspecified atom stereocenters. The maximum absolute atomic E-state index is 12.7. The molecule has 3 N–H and O–H groups in total. The highest BCUT2D eigenvalue weighted by molar-refractivity contribution is 14.1. The summed E-state index contributed by atoms with van der Waals surface area (Å²) in [7, 11) is 0. The number of halogens is 1. The Morgan fingerprint density at radius 1 is 1.08 bits per heavy atom. The van der Waals surface area contributed by atoms with E-state index in [1.165, 1.54) is 0 Å². The van der Waals surface area contributed by atoms with Gasteiger partial charge in [0.25, 0.3) is 5.91 Å². The van der Waals surface area contributed by atoms with Crippen LogP contribution in [0.2, 0.25) is 0 Å². The van der Waals surface area contributed by atoms with Crippen LogP contribution in [0.4, 0.5) is 5.69 Å². The Kier molecular flexibility index (Phi) is 4.89. The van der Waals surface area contributed by atoms with Gasteiger partial charge in [-0.2, -0.15) is 0 Å². The molecular weight excluding hydrogens is 429 g/mol. The van der Waals surface area contributed by atoms with Crippen molar-refractivity contribution in [3.05, 3.63) is 81.2 Å². The Morgan fingerprint density at radius 3 is 2.60 bits per heavy atom. The Balaban J connectivity index is 1.90. The lowest BCUT2D eigenvalue weighted by atomic mass is 10.1. The third-order valence-electron chi connectivity index (χ3n) is 3.83. The van der Waals surface area contributed by atoms with Gasteiger partial charge in [0, 0.05) is 26.7 Å². The Morgan fingerprint density at radius 2 is 1.88 bits per heavy atom. The van der Waals surface area contributed by atoms with Crippen molar-refractivity contribution < 1.29 is 9.59 Å². The fourth-order valence-corrected chi connectivity index (χ4v) is 3.10. The van der Waals surface area contributed by atoms with Gasteiger partial charge in [-0.15, -0.1) is 0 Å². The highest BCUT2D eigenvalue weighted by Gasteiger charge is 2.14. The molecule has 1 aromatic heterocycles. The minimum absolute atomic E-state index is 0.261. The van der Waals surface area contributed by atoms with Crippen molar-refractivity contribution in [2.75, 3.05) is 5.32 Å². The van der Waals surface area contributed by atoms with E-state index < -0.39 is 5.91 Å². The molecule has 126 valence electrons. The molecule has 6 heteroatoms. The van der Waals surface area contributed by atoms with Gasteiger partial charge in [-0.1, -0.05) is 12.1 Å². The Labute approximate surface area is 159 Å². The lowest BCUT2D eigenvalue weighted by Crippen LogP contribution is -2.17. The third-order valence-corrected chi connectivity index (χ3v) is 4.50. The molecule has 3 rings (SSSR count). The van der Waals surface area contributed by atoms with Gasteiger partial charge in [0.2, 0.25) is 5.91 Å².